The van der Waals surface area contributed by atoms with Crippen molar-refractivity contribution in [2.45, 2.75) is 44.9 Å². The maximum atomic E-state index is 13.8. The second-order valence-electron chi connectivity index (χ2n) is 8.44. The number of carbonyl (C=O) groups excluding carboxylic acids is 3. The van der Waals surface area contributed by atoms with Gasteiger partial charge in [-0.05, 0) is 37.0 Å². The number of hydrogen-bond donors (Lipinski definition) is 2. The van der Waals surface area contributed by atoms with Gasteiger partial charge >= 0.3 is 6.18 Å². The average molecular weight is 456 g/mol. The van der Waals surface area contributed by atoms with Gasteiger partial charge in [0.25, 0.3) is 11.8 Å². The van der Waals surface area contributed by atoms with Crippen LogP contribution in [0.5, 0.6) is 0 Å². The Morgan fingerprint density at radius 3 is 2.53 bits per heavy atom. The van der Waals surface area contributed by atoms with Gasteiger partial charge in [0.05, 0.1) is 17.9 Å². The number of nitrogens with two attached hydrogens (primary N) is 1. The lowest BCUT2D eigenvalue weighted by atomic mass is 10.1. The summed E-state index contributed by atoms with van der Waals surface area (Å²) < 4.78 is 46.2. The van der Waals surface area contributed by atoms with Crippen LogP contribution in [0.25, 0.3) is 0 Å². The van der Waals surface area contributed by atoms with Crippen molar-refractivity contribution in [2.24, 2.45) is 11.7 Å². The number of rotatable bonds is 8. The molecule has 8 nitrogen and oxygen atoms in total. The van der Waals surface area contributed by atoms with Crippen LogP contribution in [0.4, 0.5) is 24.5 Å². The first-order chi connectivity index (χ1) is 15.0. The van der Waals surface area contributed by atoms with Gasteiger partial charge in [-0.3, -0.25) is 19.3 Å². The van der Waals surface area contributed by atoms with E-state index in [9.17, 15) is 27.6 Å². The van der Waals surface area contributed by atoms with Crippen molar-refractivity contribution in [3.8, 4) is 0 Å². The molecule has 0 spiro atoms. The van der Waals surface area contributed by atoms with Gasteiger partial charge < -0.3 is 20.7 Å². The average Bonchev–Trinajstić information content (AvgIpc) is 3.52. The summed E-state index contributed by atoms with van der Waals surface area (Å²) in [5.41, 5.74) is 3.97. The zero-order valence-electron chi connectivity index (χ0n) is 17.9. The van der Waals surface area contributed by atoms with Crippen LogP contribution in [0, 0.1) is 5.92 Å². The number of anilines is 2. The largest absolute Gasteiger partial charge is 0.418 e. The maximum absolute atomic E-state index is 13.8. The zero-order chi connectivity index (χ0) is 23.6. The number of alkyl halides is 3. The van der Waals surface area contributed by atoms with Crippen molar-refractivity contribution in [3.05, 3.63) is 23.8 Å². The van der Waals surface area contributed by atoms with E-state index in [0.717, 1.165) is 29.9 Å². The molecule has 1 aromatic rings. The van der Waals surface area contributed by atoms with Crippen LogP contribution in [0.3, 0.4) is 0 Å². The lowest BCUT2D eigenvalue weighted by molar-refractivity contribution is -0.138. The summed E-state index contributed by atoms with van der Waals surface area (Å²) in [6, 6.07) is 1.92. The van der Waals surface area contributed by atoms with Crippen molar-refractivity contribution in [1.29, 1.82) is 0 Å². The van der Waals surface area contributed by atoms with Gasteiger partial charge in [0, 0.05) is 24.8 Å². The molecule has 3 amide bonds. The third kappa shape index (κ3) is 5.57. The minimum absolute atomic E-state index is 0.0110. The van der Waals surface area contributed by atoms with Crippen LogP contribution in [0.15, 0.2) is 18.2 Å². The molecule has 0 radical (unpaired) electrons. The number of halogens is 3. The first kappa shape index (κ1) is 24.0. The van der Waals surface area contributed by atoms with Gasteiger partial charge in [0.1, 0.15) is 6.61 Å². The molecule has 2 aliphatic rings. The summed E-state index contributed by atoms with van der Waals surface area (Å²) in [4.78, 5) is 39.8. The molecule has 0 aromatic heterocycles. The molecule has 1 aliphatic carbocycles. The molecule has 3 N–H and O–H groups in total. The van der Waals surface area contributed by atoms with E-state index in [-0.39, 0.29) is 43.1 Å². The normalized spacial score (nSPS) is 18.2. The third-order valence-electron chi connectivity index (χ3n) is 5.29. The molecule has 1 saturated heterocycles. The Morgan fingerprint density at radius 2 is 2.00 bits per heavy atom. The quantitative estimate of drug-likeness (QED) is 0.582. The summed E-state index contributed by atoms with van der Waals surface area (Å²) in [5.74, 6) is -2.07. The van der Waals surface area contributed by atoms with Gasteiger partial charge in [-0.15, -0.1) is 0 Å². The summed E-state index contributed by atoms with van der Waals surface area (Å²) in [5, 5.41) is 2.40. The molecule has 176 valence electrons. The number of nitrogens with zero attached hydrogens (tertiary/aromatic N) is 2. The zero-order valence-corrected chi connectivity index (χ0v) is 17.9. The fraction of sp³-hybridized carbons (Fsp3) is 0.571. The molecule has 1 aliphatic heterocycles. The smallest absolute Gasteiger partial charge is 0.370 e. The van der Waals surface area contributed by atoms with Crippen LogP contribution < -0.4 is 16.0 Å². The lowest BCUT2D eigenvalue weighted by Crippen LogP contribution is -2.54. The van der Waals surface area contributed by atoms with Crippen molar-refractivity contribution in [3.63, 3.8) is 0 Å². The summed E-state index contributed by atoms with van der Waals surface area (Å²) >= 11 is 0. The number of morpholine rings is 1. The number of primary amides is 1. The van der Waals surface area contributed by atoms with Crippen molar-refractivity contribution in [2.75, 3.05) is 36.5 Å². The van der Waals surface area contributed by atoms with Crippen molar-refractivity contribution >= 4 is 29.1 Å². The first-order valence-corrected chi connectivity index (χ1v) is 10.4. The van der Waals surface area contributed by atoms with Crippen LogP contribution in [-0.2, 0) is 25.3 Å². The molecule has 3 rings (SSSR count). The highest BCUT2D eigenvalue weighted by atomic mass is 19.4. The van der Waals surface area contributed by atoms with Crippen LogP contribution in [0.1, 0.15) is 32.3 Å². The third-order valence-corrected chi connectivity index (χ3v) is 5.29. The van der Waals surface area contributed by atoms with Crippen LogP contribution in [0.2, 0.25) is 0 Å². The second-order valence-corrected chi connectivity index (χ2v) is 8.44. The number of ether oxygens (including phenoxy) is 1. The molecule has 1 atom stereocenters. The van der Waals surface area contributed by atoms with Gasteiger partial charge in [0.15, 0.2) is 6.04 Å². The Morgan fingerprint density at radius 1 is 1.31 bits per heavy atom. The highest BCUT2D eigenvalue weighted by Gasteiger charge is 2.41. The molecule has 1 saturated carbocycles. The molecule has 32 heavy (non-hydrogen) atoms. The van der Waals surface area contributed by atoms with Gasteiger partial charge in [-0.25, -0.2) is 0 Å². The Balaban J connectivity index is 1.87. The maximum Gasteiger partial charge on any atom is 0.418 e. The van der Waals surface area contributed by atoms with E-state index in [2.05, 4.69) is 5.32 Å². The number of carbonyl (C=O) groups is 3. The minimum Gasteiger partial charge on any atom is -0.370 e. The number of nitrogens with one attached hydrogen (secondary N) is 1. The molecule has 0 bridgehead atoms. The highest BCUT2D eigenvalue weighted by Crippen LogP contribution is 2.39. The van der Waals surface area contributed by atoms with Gasteiger partial charge in [0.2, 0.25) is 5.91 Å². The van der Waals surface area contributed by atoms with E-state index in [1.165, 1.54) is 6.07 Å². The predicted molar refractivity (Wildman–Crippen MR) is 111 cm³/mol. The minimum atomic E-state index is -4.77. The summed E-state index contributed by atoms with van der Waals surface area (Å²) in [7, 11) is 0. The standard InChI is InChI=1S/C21H27F3N4O4/c1-12(2)10-28(14-4-5-14)18(19(25)30)20(31)26-13-3-6-16(15(9-13)21(22,23)24)27-7-8-32-11-17(27)29/h3,6,9,12,14,18H,4-5,7-8,10-11H2,1-2H3,(H2,25,30)(H,26,31)/t18-/m0/s1. The lowest BCUT2D eigenvalue weighted by Gasteiger charge is -2.31. The Hall–Kier alpha value is -2.66. The first-order valence-electron chi connectivity index (χ1n) is 10.4. The molecule has 11 heteroatoms. The van der Waals surface area contributed by atoms with E-state index < -0.39 is 35.5 Å². The highest BCUT2D eigenvalue weighted by molar-refractivity contribution is 6.09. The van der Waals surface area contributed by atoms with E-state index in [1.807, 2.05) is 13.8 Å². The Kier molecular flexibility index (Phi) is 7.09. The second kappa shape index (κ2) is 9.45. The van der Waals surface area contributed by atoms with Crippen molar-refractivity contribution in [1.82, 2.24) is 4.90 Å². The van der Waals surface area contributed by atoms with E-state index in [0.29, 0.717) is 6.54 Å². The molecule has 1 aromatic carbocycles. The Bertz CT molecular complexity index is 886. The SMILES string of the molecule is CC(C)CN(C1CC1)[C@@H](C(N)=O)C(=O)Nc1ccc(N2CCOCC2=O)c(C(F)(F)F)c1. The molecular weight excluding hydrogens is 429 g/mol. The predicted octanol–water partition coefficient (Wildman–Crippen LogP) is 1.98. The fourth-order valence-corrected chi connectivity index (χ4v) is 3.80. The summed E-state index contributed by atoms with van der Waals surface area (Å²) in [6.07, 6.45) is -3.12. The number of benzene rings is 1. The monoisotopic (exact) mass is 456 g/mol. The topological polar surface area (TPSA) is 105 Å². The van der Waals surface area contributed by atoms with Gasteiger partial charge in [-0.1, -0.05) is 13.8 Å². The molecular formula is C21H27F3N4O4. The fourth-order valence-electron chi connectivity index (χ4n) is 3.80. The molecule has 1 heterocycles. The van der Waals surface area contributed by atoms with Crippen molar-refractivity contribution < 1.29 is 32.3 Å². The van der Waals surface area contributed by atoms with E-state index in [1.54, 1.807) is 4.90 Å². The number of amides is 3. The van der Waals surface area contributed by atoms with E-state index >= 15 is 0 Å². The van der Waals surface area contributed by atoms with Crippen LogP contribution >= 0.6 is 0 Å². The molecule has 0 unspecified atom stereocenters. The van der Waals surface area contributed by atoms with Gasteiger partial charge in [-0.2, -0.15) is 13.2 Å². The molecule has 2 fully saturated rings. The van der Waals surface area contributed by atoms with Crippen LogP contribution in [-0.4, -0.2) is 61.0 Å². The van der Waals surface area contributed by atoms with E-state index in [4.69, 9.17) is 10.5 Å². The summed E-state index contributed by atoms with van der Waals surface area (Å²) in [6.45, 7) is 4.14. The Labute approximate surface area is 183 Å². The number of hydrogen-bond acceptors (Lipinski definition) is 5.